The lowest BCUT2D eigenvalue weighted by molar-refractivity contribution is -0.141. The third kappa shape index (κ3) is 27.7. The summed E-state index contributed by atoms with van der Waals surface area (Å²) in [5.41, 5.74) is 7.18. The number of carbonyl (C=O) groups excluding carboxylic acids is 5. The maximum atomic E-state index is 13.5. The van der Waals surface area contributed by atoms with Crippen LogP contribution in [0.5, 0.6) is 0 Å². The van der Waals surface area contributed by atoms with Crippen LogP contribution in [0, 0.1) is 0 Å². The molecule has 0 saturated heterocycles. The molecule has 1 aromatic rings. The monoisotopic (exact) mass is 1040 g/mol. The molecule has 0 unspecified atom stereocenters. The second kappa shape index (κ2) is 37.7. The first kappa shape index (κ1) is 61.3. The fraction of sp³-hybridized carbons (Fsp3) is 0.652. The Morgan fingerprint density at radius 2 is 1.08 bits per heavy atom. The number of rotatable bonds is 43. The Bertz CT molecular complexity index is 1970. The number of aliphatic imine (C=N–C) groups is 1. The zero-order valence-electron chi connectivity index (χ0n) is 41.2. The van der Waals surface area contributed by atoms with E-state index in [2.05, 4.69) is 20.9 Å². The number of urea groups is 1. The second-order valence-electron chi connectivity index (χ2n) is 15.5. The van der Waals surface area contributed by atoms with Crippen LogP contribution in [-0.4, -0.2) is 230 Å². The minimum Gasteiger partial charge on any atom is -0.387 e. The minimum atomic E-state index is -4.43. The van der Waals surface area contributed by atoms with Gasteiger partial charge in [0.05, 0.1) is 143 Å². The zero-order valence-corrected chi connectivity index (χ0v) is 42.0. The number of amidine groups is 1. The second-order valence-corrected chi connectivity index (χ2v) is 17.0. The molecular weight excluding hydrogens is 971 g/mol. The summed E-state index contributed by atoms with van der Waals surface area (Å²) in [7, 11) is -4.43. The highest BCUT2D eigenvalue weighted by molar-refractivity contribution is 7.85. The van der Waals surface area contributed by atoms with Gasteiger partial charge in [0, 0.05) is 62.4 Å². The highest BCUT2D eigenvalue weighted by Crippen LogP contribution is 2.29. The van der Waals surface area contributed by atoms with E-state index in [-0.39, 0.29) is 54.5 Å². The van der Waals surface area contributed by atoms with Gasteiger partial charge in [-0.3, -0.25) is 28.6 Å². The molecule has 0 radical (unpaired) electrons. The Balaban J connectivity index is 0.991. The smallest absolute Gasteiger partial charge is 0.314 e. The molecule has 0 bridgehead atoms. The Morgan fingerprint density at radius 1 is 0.653 bits per heavy atom. The quantitative estimate of drug-likeness (QED) is 0.0323. The molecule has 0 aromatic heterocycles. The predicted molar refractivity (Wildman–Crippen MR) is 260 cm³/mol. The molecular formula is C46H73N7O18S. The van der Waals surface area contributed by atoms with Gasteiger partial charge in [-0.15, -0.1) is 0 Å². The molecule has 0 spiro atoms. The van der Waals surface area contributed by atoms with Crippen molar-refractivity contribution in [3.8, 4) is 0 Å². The molecule has 2 heterocycles. The summed E-state index contributed by atoms with van der Waals surface area (Å²) < 4.78 is 87.2. The Morgan fingerprint density at radius 3 is 1.53 bits per heavy atom. The van der Waals surface area contributed by atoms with E-state index >= 15 is 0 Å². The number of nitrogens with two attached hydrogens (primary N) is 1. The standard InChI is InChI=1S/C46H73N7O18S/c1-2-11-52(45(57)38-33-37-4-5-39(72(59,60)61)35-40(37)51-41(47)34-38)12-3-8-49-46(58)50-10-14-63-16-18-65-20-22-67-24-26-69-28-30-71-32-31-70-29-27-68-25-23-66-21-19-64-17-15-62-13-9-48-42(54)36-53-43(55)6-7-44(53)56/h4-7,33,35H,2-3,8-32,34,36H2,1H3,(H2,47,51)(H,48,54)(H2,49,50,58)(H,59,60,61). The van der Waals surface area contributed by atoms with Gasteiger partial charge in [0.2, 0.25) is 11.8 Å². The predicted octanol–water partition coefficient (Wildman–Crippen LogP) is -0.156. The summed E-state index contributed by atoms with van der Waals surface area (Å²) in [5.74, 6) is -1.55. The molecule has 25 nitrogen and oxygen atoms in total. The maximum Gasteiger partial charge on any atom is 0.314 e. The van der Waals surface area contributed by atoms with Crippen molar-refractivity contribution < 1.29 is 84.3 Å². The molecule has 3 rings (SSSR count). The van der Waals surface area contributed by atoms with E-state index in [1.807, 2.05) is 6.92 Å². The molecule has 6 N–H and O–H groups in total. The molecule has 72 heavy (non-hydrogen) atoms. The van der Waals surface area contributed by atoms with E-state index in [0.29, 0.717) is 176 Å². The number of ether oxygens (including phenoxy) is 10. The fourth-order valence-electron chi connectivity index (χ4n) is 6.36. The number of carbonyl (C=O) groups is 5. The van der Waals surface area contributed by atoms with Crippen molar-refractivity contribution in [2.75, 3.05) is 171 Å². The highest BCUT2D eigenvalue weighted by Gasteiger charge is 2.26. The van der Waals surface area contributed by atoms with Gasteiger partial charge in [-0.2, -0.15) is 8.42 Å². The van der Waals surface area contributed by atoms with Crippen molar-refractivity contribution in [3.63, 3.8) is 0 Å². The summed E-state index contributed by atoms with van der Waals surface area (Å²) >= 11 is 0. The number of benzene rings is 1. The van der Waals surface area contributed by atoms with Crippen molar-refractivity contribution in [2.24, 2.45) is 10.7 Å². The topological polar surface area (TPSA) is 313 Å². The van der Waals surface area contributed by atoms with Gasteiger partial charge in [0.15, 0.2) is 0 Å². The molecule has 2 aliphatic heterocycles. The average Bonchev–Trinajstić information content (AvgIpc) is 3.55. The van der Waals surface area contributed by atoms with Gasteiger partial charge in [-0.25, -0.2) is 9.79 Å². The minimum absolute atomic E-state index is 0.0701. The van der Waals surface area contributed by atoms with Crippen LogP contribution in [0.3, 0.4) is 0 Å². The Labute approximate surface area is 421 Å². The number of amides is 6. The fourth-order valence-corrected chi connectivity index (χ4v) is 6.86. The number of nitrogens with zero attached hydrogens (tertiary/aromatic N) is 3. The van der Waals surface area contributed by atoms with E-state index in [9.17, 15) is 36.9 Å². The van der Waals surface area contributed by atoms with Gasteiger partial charge in [-0.05, 0) is 31.1 Å². The number of hydrogen-bond acceptors (Lipinski definition) is 19. The van der Waals surface area contributed by atoms with Gasteiger partial charge in [-0.1, -0.05) is 13.0 Å². The van der Waals surface area contributed by atoms with E-state index in [0.717, 1.165) is 17.1 Å². The van der Waals surface area contributed by atoms with Crippen LogP contribution in [0.25, 0.3) is 6.08 Å². The van der Waals surface area contributed by atoms with E-state index < -0.39 is 27.8 Å². The van der Waals surface area contributed by atoms with Crippen molar-refractivity contribution in [3.05, 3.63) is 41.5 Å². The first-order chi connectivity index (χ1) is 34.9. The molecule has 0 atom stereocenters. The molecule has 0 fully saturated rings. The molecule has 26 heteroatoms. The van der Waals surface area contributed by atoms with Crippen molar-refractivity contribution in [2.45, 2.75) is 31.1 Å². The molecule has 6 amide bonds. The lowest BCUT2D eigenvalue weighted by atomic mass is 10.1. The van der Waals surface area contributed by atoms with Crippen LogP contribution in [0.1, 0.15) is 31.7 Å². The van der Waals surface area contributed by atoms with Crippen LogP contribution in [0.15, 0.2) is 45.8 Å². The highest BCUT2D eigenvalue weighted by atomic mass is 32.2. The maximum absolute atomic E-state index is 13.5. The normalized spacial score (nSPS) is 13.4. The first-order valence-electron chi connectivity index (χ1n) is 23.9. The first-order valence-corrected chi connectivity index (χ1v) is 25.4. The van der Waals surface area contributed by atoms with Crippen molar-refractivity contribution in [1.29, 1.82) is 0 Å². The molecule has 1 aromatic carbocycles. The summed E-state index contributed by atoms with van der Waals surface area (Å²) in [6.45, 7) is 11.4. The zero-order chi connectivity index (χ0) is 52.1. The average molecular weight is 1040 g/mol. The Hall–Kier alpha value is -4.97. The van der Waals surface area contributed by atoms with E-state index in [4.69, 9.17) is 53.1 Å². The third-order valence-electron chi connectivity index (χ3n) is 9.86. The number of imide groups is 1. The van der Waals surface area contributed by atoms with Gasteiger partial charge in [0.25, 0.3) is 21.9 Å². The van der Waals surface area contributed by atoms with Gasteiger partial charge < -0.3 is 74.0 Å². The van der Waals surface area contributed by atoms with Crippen molar-refractivity contribution in [1.82, 2.24) is 25.8 Å². The van der Waals surface area contributed by atoms with Crippen LogP contribution in [0.2, 0.25) is 0 Å². The summed E-state index contributed by atoms with van der Waals surface area (Å²) in [6, 6.07) is 3.56. The lowest BCUT2D eigenvalue weighted by Crippen LogP contribution is -2.41. The summed E-state index contributed by atoms with van der Waals surface area (Å²) in [4.78, 5) is 66.9. The number of fused-ring (bicyclic) bond motifs is 1. The van der Waals surface area contributed by atoms with E-state index in [1.54, 1.807) is 11.0 Å². The molecule has 0 saturated carbocycles. The molecule has 2 aliphatic rings. The Kier molecular flexibility index (Phi) is 32.1. The largest absolute Gasteiger partial charge is 0.387 e. The van der Waals surface area contributed by atoms with Crippen LogP contribution >= 0.6 is 0 Å². The molecule has 0 aliphatic carbocycles. The molecule has 406 valence electrons. The van der Waals surface area contributed by atoms with Crippen LogP contribution < -0.4 is 21.7 Å². The van der Waals surface area contributed by atoms with Crippen LogP contribution in [0.4, 0.5) is 10.5 Å². The third-order valence-corrected chi connectivity index (χ3v) is 10.7. The number of hydrogen-bond donors (Lipinski definition) is 5. The number of nitrogens with one attached hydrogen (secondary N) is 3. The van der Waals surface area contributed by atoms with E-state index in [1.165, 1.54) is 18.2 Å². The summed E-state index contributed by atoms with van der Waals surface area (Å²) in [5, 5.41) is 8.09. The lowest BCUT2D eigenvalue weighted by Gasteiger charge is -2.23. The summed E-state index contributed by atoms with van der Waals surface area (Å²) in [6.07, 6.45) is 5.18. The SMILES string of the molecule is CCCN(CCCNC(=O)NCCOCCOCCOCCOCCOCCOCCOCCOCCOCCOCCNC(=O)CN1C(=O)C=CC1=O)C(=O)C1=Cc2ccc(S(=O)(=O)O)cc2N=C(N)C1. The van der Waals surface area contributed by atoms with Gasteiger partial charge in [0.1, 0.15) is 12.4 Å². The van der Waals surface area contributed by atoms with Crippen LogP contribution in [-0.2, 0) is 76.7 Å². The van der Waals surface area contributed by atoms with Gasteiger partial charge >= 0.3 is 6.03 Å². The van der Waals surface area contributed by atoms with Crippen molar-refractivity contribution >= 4 is 57.4 Å².